The first kappa shape index (κ1) is 12.3. The summed E-state index contributed by atoms with van der Waals surface area (Å²) in [6.45, 7) is 3.24. The topological polar surface area (TPSA) is 86.5 Å². The molecule has 0 aliphatic carbocycles. The Bertz CT molecular complexity index is 510. The first-order valence-corrected chi connectivity index (χ1v) is 5.59. The number of aromatic carboxylic acids is 1. The average molecular weight is 247 g/mol. The molecule has 1 saturated heterocycles. The second kappa shape index (κ2) is 5.02. The smallest absolute Gasteiger partial charge is 0.337 e. The minimum atomic E-state index is -0.983. The van der Waals surface area contributed by atoms with Crippen LogP contribution in [0.2, 0.25) is 0 Å². The van der Waals surface area contributed by atoms with Crippen molar-refractivity contribution in [1.29, 1.82) is 5.26 Å². The third kappa shape index (κ3) is 2.41. The van der Waals surface area contributed by atoms with Crippen molar-refractivity contribution in [2.24, 2.45) is 0 Å². The maximum atomic E-state index is 10.9. The second-order valence-electron chi connectivity index (χ2n) is 4.04. The molecule has 0 saturated carbocycles. The van der Waals surface area contributed by atoms with Gasteiger partial charge in [-0.25, -0.2) is 9.78 Å². The lowest BCUT2D eigenvalue weighted by Crippen LogP contribution is -2.42. The Labute approximate surface area is 104 Å². The van der Waals surface area contributed by atoms with E-state index in [1.165, 1.54) is 6.07 Å². The number of carbonyl (C=O) groups is 1. The maximum Gasteiger partial charge on any atom is 0.337 e. The Kier molecular flexibility index (Phi) is 3.44. The Morgan fingerprint density at radius 1 is 1.67 bits per heavy atom. The van der Waals surface area contributed by atoms with Gasteiger partial charge in [-0.3, -0.25) is 0 Å². The molecule has 1 aliphatic rings. The molecule has 0 bridgehead atoms. The van der Waals surface area contributed by atoms with Gasteiger partial charge >= 0.3 is 5.97 Å². The second-order valence-corrected chi connectivity index (χ2v) is 4.04. The van der Waals surface area contributed by atoms with Crippen LogP contribution in [0, 0.1) is 18.3 Å². The molecular weight excluding hydrogens is 234 g/mol. The van der Waals surface area contributed by atoms with Gasteiger partial charge in [-0.05, 0) is 19.1 Å². The van der Waals surface area contributed by atoms with Crippen molar-refractivity contribution >= 4 is 11.8 Å². The van der Waals surface area contributed by atoms with Crippen LogP contribution in [-0.2, 0) is 4.74 Å². The molecule has 0 aromatic carbocycles. The summed E-state index contributed by atoms with van der Waals surface area (Å²) in [7, 11) is 0. The van der Waals surface area contributed by atoms with Crippen molar-refractivity contribution in [3.8, 4) is 6.07 Å². The number of aromatic nitrogens is 1. The highest BCUT2D eigenvalue weighted by molar-refractivity contribution is 5.89. The number of anilines is 1. The van der Waals surface area contributed by atoms with E-state index >= 15 is 0 Å². The standard InChI is InChI=1S/C12H13N3O3/c1-8-10(12(16)17)2-3-11(14-8)15-4-5-18-9(6-13)7-15/h2-3,9H,4-5,7H2,1H3,(H,16,17). The molecule has 1 unspecified atom stereocenters. The first-order valence-electron chi connectivity index (χ1n) is 5.59. The number of carboxylic acids is 1. The molecule has 6 heteroatoms. The number of nitrogens with zero attached hydrogens (tertiary/aromatic N) is 3. The van der Waals surface area contributed by atoms with Crippen molar-refractivity contribution in [2.45, 2.75) is 13.0 Å². The van der Waals surface area contributed by atoms with Gasteiger partial charge in [-0.2, -0.15) is 5.26 Å². The van der Waals surface area contributed by atoms with Gasteiger partial charge < -0.3 is 14.7 Å². The van der Waals surface area contributed by atoms with Crippen LogP contribution in [0.5, 0.6) is 0 Å². The van der Waals surface area contributed by atoms with Crippen LogP contribution < -0.4 is 4.90 Å². The van der Waals surface area contributed by atoms with Crippen molar-refractivity contribution < 1.29 is 14.6 Å². The van der Waals surface area contributed by atoms with Crippen molar-refractivity contribution in [3.05, 3.63) is 23.4 Å². The van der Waals surface area contributed by atoms with Gasteiger partial charge in [-0.15, -0.1) is 0 Å². The zero-order chi connectivity index (χ0) is 13.1. The fraction of sp³-hybridized carbons (Fsp3) is 0.417. The van der Waals surface area contributed by atoms with Crippen molar-refractivity contribution in [1.82, 2.24) is 4.98 Å². The molecule has 6 nitrogen and oxygen atoms in total. The molecular formula is C12H13N3O3. The lowest BCUT2D eigenvalue weighted by molar-refractivity contribution is 0.0694. The predicted molar refractivity (Wildman–Crippen MR) is 63.5 cm³/mol. The largest absolute Gasteiger partial charge is 0.478 e. The summed E-state index contributed by atoms with van der Waals surface area (Å²) in [5.74, 6) is -0.301. The summed E-state index contributed by atoms with van der Waals surface area (Å²) in [5.41, 5.74) is 0.670. The Hall–Kier alpha value is -2.13. The van der Waals surface area contributed by atoms with Crippen molar-refractivity contribution in [3.63, 3.8) is 0 Å². The fourth-order valence-electron chi connectivity index (χ4n) is 1.89. The van der Waals surface area contributed by atoms with E-state index in [0.717, 1.165) is 0 Å². The fourth-order valence-corrected chi connectivity index (χ4v) is 1.89. The summed E-state index contributed by atoms with van der Waals surface area (Å²) in [5, 5.41) is 17.8. The highest BCUT2D eigenvalue weighted by atomic mass is 16.5. The minimum Gasteiger partial charge on any atom is -0.478 e. The van der Waals surface area contributed by atoms with E-state index < -0.39 is 12.1 Å². The molecule has 1 aliphatic heterocycles. The number of hydrogen-bond acceptors (Lipinski definition) is 5. The molecule has 1 N–H and O–H groups in total. The normalized spacial score (nSPS) is 19.3. The highest BCUT2D eigenvalue weighted by Gasteiger charge is 2.21. The molecule has 1 atom stereocenters. The van der Waals surface area contributed by atoms with Crippen LogP contribution >= 0.6 is 0 Å². The van der Waals surface area contributed by atoms with E-state index in [1.54, 1.807) is 13.0 Å². The molecule has 0 radical (unpaired) electrons. The minimum absolute atomic E-state index is 0.198. The summed E-state index contributed by atoms with van der Waals surface area (Å²) < 4.78 is 5.25. The van der Waals surface area contributed by atoms with E-state index in [1.807, 2.05) is 4.90 Å². The maximum absolute atomic E-state index is 10.9. The van der Waals surface area contributed by atoms with Gasteiger partial charge in [0.15, 0.2) is 6.10 Å². The molecule has 2 heterocycles. The molecule has 1 aromatic heterocycles. The Morgan fingerprint density at radius 2 is 2.44 bits per heavy atom. The quantitative estimate of drug-likeness (QED) is 0.832. The molecule has 94 valence electrons. The highest BCUT2D eigenvalue weighted by Crippen LogP contribution is 2.17. The summed E-state index contributed by atoms with van der Waals surface area (Å²) in [6.07, 6.45) is -0.458. The predicted octanol–water partition coefficient (Wildman–Crippen LogP) is 0.817. The number of rotatable bonds is 2. The molecule has 1 fully saturated rings. The zero-order valence-electron chi connectivity index (χ0n) is 9.96. The number of aryl methyl sites for hydroxylation is 1. The van der Waals surface area contributed by atoms with E-state index in [-0.39, 0.29) is 5.56 Å². The summed E-state index contributed by atoms with van der Waals surface area (Å²) >= 11 is 0. The molecule has 0 amide bonds. The molecule has 2 rings (SSSR count). The average Bonchev–Trinajstić information content (AvgIpc) is 2.38. The Morgan fingerprint density at radius 3 is 3.06 bits per heavy atom. The van der Waals surface area contributed by atoms with Crippen LogP contribution in [0.15, 0.2) is 12.1 Å². The Balaban J connectivity index is 2.21. The van der Waals surface area contributed by atoms with Crippen LogP contribution in [0.1, 0.15) is 16.1 Å². The summed E-state index contributed by atoms with van der Waals surface area (Å²) in [6, 6.07) is 5.26. The molecule has 0 spiro atoms. The number of morpholine rings is 1. The number of nitriles is 1. The number of ether oxygens (including phenoxy) is 1. The lowest BCUT2D eigenvalue weighted by Gasteiger charge is -2.30. The van der Waals surface area contributed by atoms with E-state index in [0.29, 0.717) is 31.2 Å². The van der Waals surface area contributed by atoms with Crippen LogP contribution in [-0.4, -0.2) is 41.9 Å². The van der Waals surface area contributed by atoms with Crippen LogP contribution in [0.3, 0.4) is 0 Å². The van der Waals surface area contributed by atoms with E-state index in [2.05, 4.69) is 11.1 Å². The van der Waals surface area contributed by atoms with Gasteiger partial charge in [0.05, 0.1) is 30.5 Å². The SMILES string of the molecule is Cc1nc(N2CCOC(C#N)C2)ccc1C(=O)O. The monoisotopic (exact) mass is 247 g/mol. The van der Waals surface area contributed by atoms with Gasteiger partial charge in [0.1, 0.15) is 5.82 Å². The van der Waals surface area contributed by atoms with Gasteiger partial charge in [-0.1, -0.05) is 0 Å². The number of carboxylic acid groups (broad SMARTS) is 1. The lowest BCUT2D eigenvalue weighted by atomic mass is 10.2. The van der Waals surface area contributed by atoms with Gasteiger partial charge in [0.25, 0.3) is 0 Å². The third-order valence-corrected chi connectivity index (χ3v) is 2.84. The van der Waals surface area contributed by atoms with Crippen molar-refractivity contribution in [2.75, 3.05) is 24.6 Å². The first-order chi connectivity index (χ1) is 8.61. The van der Waals surface area contributed by atoms with Gasteiger partial charge in [0, 0.05) is 6.54 Å². The molecule has 1 aromatic rings. The van der Waals surface area contributed by atoms with Crippen LogP contribution in [0.25, 0.3) is 0 Å². The third-order valence-electron chi connectivity index (χ3n) is 2.84. The van der Waals surface area contributed by atoms with Gasteiger partial charge in [0.2, 0.25) is 0 Å². The van der Waals surface area contributed by atoms with E-state index in [9.17, 15) is 4.79 Å². The van der Waals surface area contributed by atoms with E-state index in [4.69, 9.17) is 15.1 Å². The molecule has 18 heavy (non-hydrogen) atoms. The summed E-state index contributed by atoms with van der Waals surface area (Å²) in [4.78, 5) is 17.1. The zero-order valence-corrected chi connectivity index (χ0v) is 9.96. The number of pyridine rings is 1. The number of hydrogen-bond donors (Lipinski definition) is 1. The van der Waals surface area contributed by atoms with Crippen LogP contribution in [0.4, 0.5) is 5.82 Å².